The van der Waals surface area contributed by atoms with E-state index in [1.54, 1.807) is 0 Å². The van der Waals surface area contributed by atoms with Crippen molar-refractivity contribution in [1.82, 2.24) is 0 Å². The Kier molecular flexibility index (Phi) is 2.95. The first kappa shape index (κ1) is 8.61. The summed E-state index contributed by atoms with van der Waals surface area (Å²) in [6, 6.07) is 8.06. The summed E-state index contributed by atoms with van der Waals surface area (Å²) in [5, 5.41) is 0.817. The highest BCUT2D eigenvalue weighted by atomic mass is 35.5. The van der Waals surface area contributed by atoms with Crippen molar-refractivity contribution in [2.24, 2.45) is 5.92 Å². The van der Waals surface area contributed by atoms with Crippen LogP contribution in [-0.4, -0.2) is 0 Å². The number of rotatable bonds is 2. The molecule has 0 radical (unpaired) electrons. The van der Waals surface area contributed by atoms with Crippen LogP contribution in [0.3, 0.4) is 0 Å². The van der Waals surface area contributed by atoms with Gasteiger partial charge in [0.25, 0.3) is 0 Å². The largest absolute Gasteiger partial charge is 0.0843 e. The van der Waals surface area contributed by atoms with Crippen LogP contribution in [0.5, 0.6) is 0 Å². The summed E-state index contributed by atoms with van der Waals surface area (Å²) in [5.41, 5.74) is 1.37. The van der Waals surface area contributed by atoms with Crippen molar-refractivity contribution in [2.45, 2.75) is 20.3 Å². The van der Waals surface area contributed by atoms with E-state index in [0.29, 0.717) is 0 Å². The van der Waals surface area contributed by atoms with Crippen LogP contribution < -0.4 is 0 Å². The topological polar surface area (TPSA) is 0 Å². The van der Waals surface area contributed by atoms with E-state index in [1.165, 1.54) is 5.56 Å². The fourth-order valence-electron chi connectivity index (χ4n) is 1.09. The molecule has 0 bridgehead atoms. The predicted octanol–water partition coefficient (Wildman–Crippen LogP) is 3.54. The van der Waals surface area contributed by atoms with E-state index in [2.05, 4.69) is 26.0 Å². The van der Waals surface area contributed by atoms with Crippen molar-refractivity contribution in [2.75, 3.05) is 0 Å². The number of halogens is 1. The van der Waals surface area contributed by atoms with Crippen LogP contribution in [0.25, 0.3) is 0 Å². The molecule has 0 amide bonds. The Hall–Kier alpha value is -0.490. The number of benzene rings is 1. The van der Waals surface area contributed by atoms with Crippen LogP contribution in [0.15, 0.2) is 24.3 Å². The summed E-state index contributed by atoms with van der Waals surface area (Å²) in [5.74, 6) is 0.719. The van der Waals surface area contributed by atoms with Crippen LogP contribution in [0.4, 0.5) is 0 Å². The molecule has 0 saturated heterocycles. The second-order valence-corrected chi connectivity index (χ2v) is 3.66. The normalized spacial score (nSPS) is 10.5. The smallest absolute Gasteiger partial charge is 0.0406 e. The van der Waals surface area contributed by atoms with Gasteiger partial charge in [0.05, 0.1) is 0 Å². The second kappa shape index (κ2) is 3.77. The summed E-state index contributed by atoms with van der Waals surface area (Å²) in [6.45, 7) is 4.43. The molecule has 0 nitrogen and oxygen atoms in total. The molecule has 0 atom stereocenters. The summed E-state index contributed by atoms with van der Waals surface area (Å²) < 4.78 is 0. The third-order valence-corrected chi connectivity index (χ3v) is 1.81. The SMILES string of the molecule is CC(C)Cc1ccc(Cl)cc1. The minimum atomic E-state index is 0.719. The molecule has 1 aromatic carbocycles. The summed E-state index contributed by atoms with van der Waals surface area (Å²) in [6.07, 6.45) is 1.14. The van der Waals surface area contributed by atoms with Gasteiger partial charge in [-0.25, -0.2) is 0 Å². The molecular formula is C10H13Cl. The molecule has 1 rings (SSSR count). The van der Waals surface area contributed by atoms with Crippen LogP contribution in [0.1, 0.15) is 19.4 Å². The molecule has 0 aromatic heterocycles. The van der Waals surface area contributed by atoms with Crippen LogP contribution in [0, 0.1) is 5.92 Å². The standard InChI is InChI=1S/C10H13Cl/c1-8(2)7-9-3-5-10(11)6-4-9/h3-6,8H,7H2,1-2H3. The second-order valence-electron chi connectivity index (χ2n) is 3.22. The fourth-order valence-corrected chi connectivity index (χ4v) is 1.22. The highest BCUT2D eigenvalue weighted by Gasteiger charge is 1.96. The van der Waals surface area contributed by atoms with Gasteiger partial charge < -0.3 is 0 Å². The molecule has 1 heteroatoms. The van der Waals surface area contributed by atoms with Gasteiger partial charge in [0, 0.05) is 5.02 Å². The first-order valence-corrected chi connectivity index (χ1v) is 4.30. The average molecular weight is 169 g/mol. The molecule has 1 aromatic rings. The molecule has 0 fully saturated rings. The van der Waals surface area contributed by atoms with E-state index in [1.807, 2.05) is 12.1 Å². The Morgan fingerprint density at radius 3 is 2.18 bits per heavy atom. The van der Waals surface area contributed by atoms with Gasteiger partial charge in [-0.3, -0.25) is 0 Å². The number of hydrogen-bond donors (Lipinski definition) is 0. The maximum Gasteiger partial charge on any atom is 0.0406 e. The first-order valence-electron chi connectivity index (χ1n) is 3.93. The Bertz CT molecular complexity index is 211. The van der Waals surface area contributed by atoms with E-state index in [9.17, 15) is 0 Å². The van der Waals surface area contributed by atoms with Crippen molar-refractivity contribution in [3.05, 3.63) is 34.9 Å². The third-order valence-electron chi connectivity index (χ3n) is 1.56. The zero-order valence-corrected chi connectivity index (χ0v) is 7.73. The van der Waals surface area contributed by atoms with Crippen molar-refractivity contribution in [3.63, 3.8) is 0 Å². The van der Waals surface area contributed by atoms with Gasteiger partial charge in [-0.15, -0.1) is 0 Å². The summed E-state index contributed by atoms with van der Waals surface area (Å²) in [7, 11) is 0. The molecule has 11 heavy (non-hydrogen) atoms. The fraction of sp³-hybridized carbons (Fsp3) is 0.400. The lowest BCUT2D eigenvalue weighted by atomic mass is 10.0. The first-order chi connectivity index (χ1) is 5.18. The quantitative estimate of drug-likeness (QED) is 0.634. The molecule has 60 valence electrons. The monoisotopic (exact) mass is 168 g/mol. The van der Waals surface area contributed by atoms with Gasteiger partial charge in [-0.05, 0) is 30.0 Å². The Labute approximate surface area is 73.2 Å². The minimum Gasteiger partial charge on any atom is -0.0843 e. The lowest BCUT2D eigenvalue weighted by Gasteiger charge is -2.03. The van der Waals surface area contributed by atoms with Gasteiger partial charge >= 0.3 is 0 Å². The van der Waals surface area contributed by atoms with Crippen LogP contribution in [0.2, 0.25) is 5.02 Å². The van der Waals surface area contributed by atoms with Gasteiger partial charge in [0.15, 0.2) is 0 Å². The van der Waals surface area contributed by atoms with Crippen molar-refractivity contribution in [3.8, 4) is 0 Å². The molecule has 0 spiro atoms. The minimum absolute atomic E-state index is 0.719. The zero-order chi connectivity index (χ0) is 8.27. The van der Waals surface area contributed by atoms with Crippen molar-refractivity contribution >= 4 is 11.6 Å². The highest BCUT2D eigenvalue weighted by Crippen LogP contribution is 2.12. The molecule has 0 unspecified atom stereocenters. The van der Waals surface area contributed by atoms with E-state index >= 15 is 0 Å². The van der Waals surface area contributed by atoms with E-state index in [0.717, 1.165) is 17.4 Å². The van der Waals surface area contributed by atoms with Crippen molar-refractivity contribution < 1.29 is 0 Å². The Balaban J connectivity index is 2.66. The Morgan fingerprint density at radius 2 is 1.73 bits per heavy atom. The molecule has 0 N–H and O–H groups in total. The Morgan fingerprint density at radius 1 is 1.18 bits per heavy atom. The number of hydrogen-bond acceptors (Lipinski definition) is 0. The molecule has 0 heterocycles. The average Bonchev–Trinajstić information content (AvgIpc) is 1.93. The maximum atomic E-state index is 5.75. The lowest BCUT2D eigenvalue weighted by molar-refractivity contribution is 0.647. The molecule has 0 aliphatic rings. The van der Waals surface area contributed by atoms with Crippen LogP contribution in [-0.2, 0) is 6.42 Å². The molecular weight excluding hydrogens is 156 g/mol. The van der Waals surface area contributed by atoms with E-state index in [4.69, 9.17) is 11.6 Å². The zero-order valence-electron chi connectivity index (χ0n) is 6.97. The van der Waals surface area contributed by atoms with E-state index < -0.39 is 0 Å². The van der Waals surface area contributed by atoms with E-state index in [-0.39, 0.29) is 0 Å². The summed E-state index contributed by atoms with van der Waals surface area (Å²) in [4.78, 5) is 0. The lowest BCUT2D eigenvalue weighted by Crippen LogP contribution is -1.92. The molecule has 0 aliphatic carbocycles. The predicted molar refractivity (Wildman–Crippen MR) is 50.0 cm³/mol. The van der Waals surface area contributed by atoms with Gasteiger partial charge in [0.1, 0.15) is 0 Å². The third kappa shape index (κ3) is 2.94. The van der Waals surface area contributed by atoms with Crippen LogP contribution >= 0.6 is 11.6 Å². The van der Waals surface area contributed by atoms with Gasteiger partial charge in [-0.1, -0.05) is 37.6 Å². The maximum absolute atomic E-state index is 5.75. The molecule has 0 saturated carbocycles. The van der Waals surface area contributed by atoms with Gasteiger partial charge in [-0.2, -0.15) is 0 Å². The summed E-state index contributed by atoms with van der Waals surface area (Å²) >= 11 is 5.75. The molecule has 0 aliphatic heterocycles. The van der Waals surface area contributed by atoms with Crippen molar-refractivity contribution in [1.29, 1.82) is 0 Å². The van der Waals surface area contributed by atoms with Gasteiger partial charge in [0.2, 0.25) is 0 Å². The highest BCUT2D eigenvalue weighted by molar-refractivity contribution is 6.30.